The quantitative estimate of drug-likeness (QED) is 0.710. The van der Waals surface area contributed by atoms with Gasteiger partial charge < -0.3 is 20.1 Å². The Morgan fingerprint density at radius 2 is 1.78 bits per heavy atom. The van der Waals surface area contributed by atoms with Gasteiger partial charge in [0, 0.05) is 16.2 Å². The molecule has 2 aromatic rings. The van der Waals surface area contributed by atoms with E-state index >= 15 is 0 Å². The third kappa shape index (κ3) is 4.59. The number of rotatable bonds is 5. The SMILES string of the molecule is CCc1cc(Br)ccc1NC(=S)Nc1cc(OC)ccc1OC. The molecule has 2 aromatic carbocycles. The average Bonchev–Trinajstić information content (AvgIpc) is 2.56. The van der Waals surface area contributed by atoms with E-state index in [1.165, 1.54) is 5.56 Å². The molecule has 0 radical (unpaired) electrons. The van der Waals surface area contributed by atoms with Crippen molar-refractivity contribution in [3.05, 3.63) is 46.4 Å². The second-order valence-corrected chi connectivity index (χ2v) is 6.12. The van der Waals surface area contributed by atoms with E-state index in [2.05, 4.69) is 39.6 Å². The lowest BCUT2D eigenvalue weighted by Gasteiger charge is -2.16. The van der Waals surface area contributed by atoms with Crippen molar-refractivity contribution in [3.8, 4) is 11.5 Å². The van der Waals surface area contributed by atoms with Gasteiger partial charge in [-0.15, -0.1) is 0 Å². The Morgan fingerprint density at radius 3 is 2.43 bits per heavy atom. The predicted octanol–water partition coefficient (Wildman–Crippen LogP) is 4.84. The summed E-state index contributed by atoms with van der Waals surface area (Å²) >= 11 is 8.90. The van der Waals surface area contributed by atoms with Crippen LogP contribution in [0, 0.1) is 0 Å². The number of hydrogen-bond acceptors (Lipinski definition) is 3. The van der Waals surface area contributed by atoms with Crippen LogP contribution >= 0.6 is 28.1 Å². The lowest BCUT2D eigenvalue weighted by atomic mass is 10.1. The van der Waals surface area contributed by atoms with Crippen molar-refractivity contribution in [2.75, 3.05) is 24.9 Å². The zero-order valence-corrected chi connectivity index (χ0v) is 15.7. The van der Waals surface area contributed by atoms with Gasteiger partial charge in [-0.3, -0.25) is 0 Å². The van der Waals surface area contributed by atoms with E-state index in [9.17, 15) is 0 Å². The maximum atomic E-state index is 5.42. The van der Waals surface area contributed by atoms with Crippen molar-refractivity contribution in [1.29, 1.82) is 0 Å². The van der Waals surface area contributed by atoms with Crippen molar-refractivity contribution in [2.45, 2.75) is 13.3 Å². The van der Waals surface area contributed by atoms with Gasteiger partial charge in [0.05, 0.1) is 19.9 Å². The number of hydrogen-bond donors (Lipinski definition) is 2. The van der Waals surface area contributed by atoms with Gasteiger partial charge in [-0.25, -0.2) is 0 Å². The van der Waals surface area contributed by atoms with E-state index in [0.29, 0.717) is 10.9 Å². The Bertz CT molecular complexity index is 707. The number of methoxy groups -OCH3 is 2. The monoisotopic (exact) mass is 394 g/mol. The van der Waals surface area contributed by atoms with E-state index in [0.717, 1.165) is 28.0 Å². The van der Waals surface area contributed by atoms with E-state index in [4.69, 9.17) is 21.7 Å². The fourth-order valence-electron chi connectivity index (χ4n) is 2.16. The standard InChI is InChI=1S/C17H19BrN2O2S/c1-4-11-9-12(18)5-7-14(11)19-17(23)20-15-10-13(21-2)6-8-16(15)22-3/h5-10H,4H2,1-3H3,(H2,19,20,23). The molecule has 0 saturated heterocycles. The normalized spacial score (nSPS) is 10.1. The Balaban J connectivity index is 2.17. The molecule has 2 rings (SSSR count). The molecule has 0 amide bonds. The molecule has 0 unspecified atom stereocenters. The largest absolute Gasteiger partial charge is 0.497 e. The maximum Gasteiger partial charge on any atom is 0.175 e. The third-order valence-electron chi connectivity index (χ3n) is 3.35. The molecule has 0 atom stereocenters. The molecule has 6 heteroatoms. The number of aryl methyl sites for hydroxylation is 1. The smallest absolute Gasteiger partial charge is 0.175 e. The van der Waals surface area contributed by atoms with E-state index in [1.54, 1.807) is 14.2 Å². The number of nitrogens with one attached hydrogen (secondary N) is 2. The molecule has 0 bridgehead atoms. The van der Waals surface area contributed by atoms with Gasteiger partial charge in [0.25, 0.3) is 0 Å². The van der Waals surface area contributed by atoms with Crippen molar-refractivity contribution < 1.29 is 9.47 Å². The summed E-state index contributed by atoms with van der Waals surface area (Å²) in [6.45, 7) is 2.11. The first-order valence-electron chi connectivity index (χ1n) is 7.15. The Hall–Kier alpha value is -1.79. The van der Waals surface area contributed by atoms with Crippen LogP contribution in [0.5, 0.6) is 11.5 Å². The summed E-state index contributed by atoms with van der Waals surface area (Å²) in [6.07, 6.45) is 0.910. The van der Waals surface area contributed by atoms with Crippen molar-refractivity contribution >= 4 is 44.6 Å². The van der Waals surface area contributed by atoms with Crippen LogP contribution in [-0.4, -0.2) is 19.3 Å². The van der Waals surface area contributed by atoms with E-state index in [1.807, 2.05) is 30.3 Å². The zero-order chi connectivity index (χ0) is 16.8. The van der Waals surface area contributed by atoms with Gasteiger partial charge in [0.15, 0.2) is 5.11 Å². The molecular weight excluding hydrogens is 376 g/mol. The molecule has 4 nitrogen and oxygen atoms in total. The Labute approximate surface area is 150 Å². The van der Waals surface area contributed by atoms with Crippen LogP contribution in [0.4, 0.5) is 11.4 Å². The minimum atomic E-state index is 0.494. The average molecular weight is 395 g/mol. The molecule has 0 aliphatic carbocycles. The van der Waals surface area contributed by atoms with Crippen LogP contribution < -0.4 is 20.1 Å². The van der Waals surface area contributed by atoms with Crippen LogP contribution in [0.15, 0.2) is 40.9 Å². The van der Waals surface area contributed by atoms with E-state index in [-0.39, 0.29) is 0 Å². The van der Waals surface area contributed by atoms with Crippen LogP contribution in [-0.2, 0) is 6.42 Å². The number of halogens is 1. The summed E-state index contributed by atoms with van der Waals surface area (Å²) in [5, 5.41) is 6.88. The first kappa shape index (κ1) is 17.6. The number of ether oxygens (including phenoxy) is 2. The van der Waals surface area contributed by atoms with E-state index < -0.39 is 0 Å². The lowest BCUT2D eigenvalue weighted by Crippen LogP contribution is -2.20. The summed E-state index contributed by atoms with van der Waals surface area (Å²) in [6, 6.07) is 11.6. The number of anilines is 2. The molecule has 0 heterocycles. The molecule has 0 fully saturated rings. The topological polar surface area (TPSA) is 42.5 Å². The molecule has 0 aliphatic rings. The summed E-state index contributed by atoms with van der Waals surface area (Å²) in [5.74, 6) is 1.43. The first-order valence-corrected chi connectivity index (χ1v) is 8.36. The highest BCUT2D eigenvalue weighted by Crippen LogP contribution is 2.29. The molecule has 23 heavy (non-hydrogen) atoms. The minimum absolute atomic E-state index is 0.494. The van der Waals surface area contributed by atoms with Crippen LogP contribution in [0.3, 0.4) is 0 Å². The highest BCUT2D eigenvalue weighted by Gasteiger charge is 2.09. The van der Waals surface area contributed by atoms with Crippen molar-refractivity contribution in [1.82, 2.24) is 0 Å². The zero-order valence-electron chi connectivity index (χ0n) is 13.3. The fourth-order valence-corrected chi connectivity index (χ4v) is 2.79. The summed E-state index contributed by atoms with van der Waals surface area (Å²) in [7, 11) is 3.24. The van der Waals surface area contributed by atoms with Gasteiger partial charge >= 0.3 is 0 Å². The van der Waals surface area contributed by atoms with Crippen LogP contribution in [0.25, 0.3) is 0 Å². The van der Waals surface area contributed by atoms with Gasteiger partial charge in [-0.05, 0) is 54.5 Å². The second kappa shape index (κ2) is 8.17. The highest BCUT2D eigenvalue weighted by atomic mass is 79.9. The van der Waals surface area contributed by atoms with Gasteiger partial charge in [0.2, 0.25) is 0 Å². The van der Waals surface area contributed by atoms with Crippen LogP contribution in [0.2, 0.25) is 0 Å². The fraction of sp³-hybridized carbons (Fsp3) is 0.235. The number of thiocarbonyl (C=S) groups is 1. The summed E-state index contributed by atoms with van der Waals surface area (Å²) < 4.78 is 11.6. The van der Waals surface area contributed by atoms with Crippen LogP contribution in [0.1, 0.15) is 12.5 Å². The van der Waals surface area contributed by atoms with Crippen molar-refractivity contribution in [3.63, 3.8) is 0 Å². The summed E-state index contributed by atoms with van der Waals surface area (Å²) in [5.41, 5.74) is 2.91. The number of benzene rings is 2. The minimum Gasteiger partial charge on any atom is -0.497 e. The summed E-state index contributed by atoms with van der Waals surface area (Å²) in [4.78, 5) is 0. The second-order valence-electron chi connectivity index (χ2n) is 4.80. The lowest BCUT2D eigenvalue weighted by molar-refractivity contribution is 0.405. The van der Waals surface area contributed by atoms with Crippen molar-refractivity contribution in [2.24, 2.45) is 0 Å². The molecule has 0 aliphatic heterocycles. The molecule has 0 aromatic heterocycles. The molecule has 2 N–H and O–H groups in total. The maximum absolute atomic E-state index is 5.42. The molecule has 0 spiro atoms. The Morgan fingerprint density at radius 1 is 1.04 bits per heavy atom. The Kier molecular flexibility index (Phi) is 6.24. The first-order chi connectivity index (χ1) is 11.1. The van der Waals surface area contributed by atoms with Gasteiger partial charge in [-0.1, -0.05) is 22.9 Å². The molecule has 0 saturated carbocycles. The van der Waals surface area contributed by atoms with Gasteiger partial charge in [0.1, 0.15) is 11.5 Å². The highest BCUT2D eigenvalue weighted by molar-refractivity contribution is 9.10. The predicted molar refractivity (Wildman–Crippen MR) is 103 cm³/mol. The third-order valence-corrected chi connectivity index (χ3v) is 4.05. The molecular formula is C17H19BrN2O2S. The molecule has 122 valence electrons. The van der Waals surface area contributed by atoms with Gasteiger partial charge in [-0.2, -0.15) is 0 Å².